The minimum atomic E-state index is -1.51. The van der Waals surface area contributed by atoms with E-state index >= 15 is 0 Å². The molecule has 2 amide bonds. The largest absolute Gasteiger partial charge is 0.462 e. The second-order valence-corrected chi connectivity index (χ2v) is 9.30. The third-order valence-corrected chi connectivity index (χ3v) is 7.03. The molecule has 0 saturated carbocycles. The van der Waals surface area contributed by atoms with Crippen LogP contribution in [-0.2, 0) is 28.7 Å². The minimum Gasteiger partial charge on any atom is -0.462 e. The van der Waals surface area contributed by atoms with Crippen molar-refractivity contribution >= 4 is 41.3 Å². The molecule has 0 unspecified atom stereocenters. The molecule has 7 N–H and O–H groups in total. The highest BCUT2D eigenvalue weighted by Crippen LogP contribution is 2.41. The number of oxime groups is 2. The summed E-state index contributed by atoms with van der Waals surface area (Å²) in [5, 5.41) is 45.5. The minimum absolute atomic E-state index is 0.108. The molecule has 0 spiro atoms. The first kappa shape index (κ1) is 28.8. The Balaban J connectivity index is 1.82. The van der Waals surface area contributed by atoms with E-state index in [4.69, 9.17) is 29.7 Å². The van der Waals surface area contributed by atoms with Gasteiger partial charge in [-0.3, -0.25) is 14.5 Å². The quantitative estimate of drug-likeness (QED) is 0.0390. The van der Waals surface area contributed by atoms with E-state index < -0.39 is 67.1 Å². The number of rotatable bonds is 12. The zero-order valence-electron chi connectivity index (χ0n) is 20.1. The first-order valence-corrected chi connectivity index (χ1v) is 12.0. The molecule has 38 heavy (non-hydrogen) atoms. The van der Waals surface area contributed by atoms with Crippen molar-refractivity contribution in [3.8, 4) is 0 Å². The second kappa shape index (κ2) is 12.6. The van der Waals surface area contributed by atoms with Gasteiger partial charge in [-0.2, -0.15) is 0 Å². The van der Waals surface area contributed by atoms with E-state index in [0.717, 1.165) is 4.90 Å². The highest BCUT2D eigenvalue weighted by atomic mass is 32.2. The molecule has 2 aliphatic heterocycles. The van der Waals surface area contributed by atoms with E-state index in [1.165, 1.54) is 31.2 Å². The van der Waals surface area contributed by atoms with E-state index in [2.05, 4.69) is 15.6 Å². The number of aliphatic hydroxyl groups is 3. The number of nitrogens with one attached hydrogen (secondary N) is 1. The van der Waals surface area contributed by atoms with Crippen molar-refractivity contribution in [2.75, 3.05) is 45.9 Å². The monoisotopic (exact) mass is 557 g/mol. The average molecular weight is 558 g/mol. The third-order valence-electron chi connectivity index (χ3n) is 5.69. The maximum Gasteiger partial charge on any atom is 0.355 e. The second-order valence-electron chi connectivity index (χ2n) is 8.19. The van der Waals surface area contributed by atoms with Crippen molar-refractivity contribution in [1.82, 2.24) is 10.2 Å². The van der Waals surface area contributed by atoms with Gasteiger partial charge in [0.2, 0.25) is 5.71 Å². The Labute approximate surface area is 219 Å². The number of aliphatic hydroxyl groups excluding tert-OH is 3. The number of nitrogens with zero attached hydrogens (tertiary/aromatic N) is 3. The van der Waals surface area contributed by atoms with Gasteiger partial charge in [0.1, 0.15) is 37.4 Å². The summed E-state index contributed by atoms with van der Waals surface area (Å²) in [7, 11) is 1.24. The summed E-state index contributed by atoms with van der Waals surface area (Å²) in [4.78, 5) is 44.9. The van der Waals surface area contributed by atoms with Gasteiger partial charge >= 0.3 is 12.0 Å². The van der Waals surface area contributed by atoms with Gasteiger partial charge in [-0.15, -0.1) is 11.8 Å². The highest BCUT2D eigenvalue weighted by Gasteiger charge is 2.55. The molecule has 0 aromatic carbocycles. The Morgan fingerprint density at radius 3 is 2.58 bits per heavy atom. The summed E-state index contributed by atoms with van der Waals surface area (Å²) < 4.78 is 15.5. The normalized spacial score (nSPS) is 20.0. The van der Waals surface area contributed by atoms with E-state index in [0.29, 0.717) is 0 Å². The van der Waals surface area contributed by atoms with Crippen molar-refractivity contribution < 1.29 is 53.6 Å². The van der Waals surface area contributed by atoms with Gasteiger partial charge in [-0.1, -0.05) is 5.16 Å². The van der Waals surface area contributed by atoms with E-state index in [1.807, 2.05) is 0 Å². The number of hydrogen-bond acceptors (Lipinski definition) is 14. The highest BCUT2D eigenvalue weighted by molar-refractivity contribution is 8.00. The first-order chi connectivity index (χ1) is 18.2. The average Bonchev–Trinajstić information content (AvgIpc) is 3.48. The fourth-order valence-corrected chi connectivity index (χ4v) is 4.79. The van der Waals surface area contributed by atoms with Gasteiger partial charge in [0.05, 0.1) is 31.5 Å². The van der Waals surface area contributed by atoms with E-state index in [1.54, 1.807) is 6.07 Å². The van der Waals surface area contributed by atoms with Crippen LogP contribution in [-0.4, -0.2) is 112 Å². The van der Waals surface area contributed by atoms with Crippen LogP contribution in [0.2, 0.25) is 0 Å². The van der Waals surface area contributed by atoms with Gasteiger partial charge in [0.25, 0.3) is 11.8 Å². The molecule has 2 atom stereocenters. The molecule has 0 radical (unpaired) electrons. The van der Waals surface area contributed by atoms with Crippen LogP contribution in [0.25, 0.3) is 0 Å². The number of ether oxygens (including phenoxy) is 2. The summed E-state index contributed by atoms with van der Waals surface area (Å²) in [6.45, 7) is -2.94. The molecule has 0 aliphatic carbocycles. The molecule has 3 rings (SSSR count). The molecule has 16 nitrogen and oxygen atoms in total. The lowest BCUT2D eigenvalue weighted by molar-refractivity contribution is -0.156. The van der Waals surface area contributed by atoms with Crippen molar-refractivity contribution in [2.45, 2.75) is 11.4 Å². The van der Waals surface area contributed by atoms with Gasteiger partial charge in [-0.25, -0.2) is 4.79 Å². The van der Waals surface area contributed by atoms with Gasteiger partial charge < -0.3 is 50.3 Å². The molecule has 1 fully saturated rings. The zero-order chi connectivity index (χ0) is 27.9. The van der Waals surface area contributed by atoms with Gasteiger partial charge in [0.15, 0.2) is 5.76 Å². The topological polar surface area (TPSA) is 239 Å². The molecule has 3 heterocycles. The Kier molecular flexibility index (Phi) is 9.56. The summed E-state index contributed by atoms with van der Waals surface area (Å²) in [6.07, 6.45) is 1.33. The Morgan fingerprint density at radius 2 is 2.00 bits per heavy atom. The summed E-state index contributed by atoms with van der Waals surface area (Å²) in [5.41, 5.74) is 3.66. The number of furan rings is 1. The molecule has 2 aliphatic rings. The molecular formula is C21H27N5O11S. The van der Waals surface area contributed by atoms with E-state index in [9.17, 15) is 29.7 Å². The van der Waals surface area contributed by atoms with Crippen LogP contribution in [0.5, 0.6) is 0 Å². The lowest BCUT2D eigenvalue weighted by Crippen LogP contribution is -2.71. The number of esters is 1. The molecule has 1 saturated heterocycles. The summed E-state index contributed by atoms with van der Waals surface area (Å²) >= 11 is 1.20. The van der Waals surface area contributed by atoms with Crippen LogP contribution in [0, 0.1) is 5.41 Å². The standard InChI is InChI=1S/C21H27N5O11S/c1-34-25-13(12-3-2-4-35-12)16(30)23-14-17(31)26-15(19(32)37-10-21(7-27,8-28)9-29)11(6-38-18(14)26)5-36-20(22)24-33/h2-4,14,18,27-29,33H,5-10H2,1H3,(H2,22,24)(H,23,30)/b25-13-/t14-,18+/m1/s1. The molecule has 0 bridgehead atoms. The number of β-lactam (4-membered cyclic amide) rings is 1. The van der Waals surface area contributed by atoms with Crippen molar-refractivity contribution in [2.24, 2.45) is 21.5 Å². The summed E-state index contributed by atoms with van der Waals surface area (Å²) in [5.74, 6) is -2.18. The van der Waals surface area contributed by atoms with Crippen molar-refractivity contribution in [1.29, 1.82) is 0 Å². The maximum atomic E-state index is 13.1. The molecular weight excluding hydrogens is 530 g/mol. The number of nitrogens with two attached hydrogens (primary N) is 1. The predicted molar refractivity (Wildman–Crippen MR) is 128 cm³/mol. The van der Waals surface area contributed by atoms with Crippen LogP contribution in [0.4, 0.5) is 0 Å². The van der Waals surface area contributed by atoms with Crippen molar-refractivity contribution in [3.63, 3.8) is 0 Å². The fourth-order valence-electron chi connectivity index (χ4n) is 3.46. The number of carbonyl (C=O) groups is 3. The van der Waals surface area contributed by atoms with Crippen LogP contribution in [0.1, 0.15) is 5.76 Å². The third kappa shape index (κ3) is 5.85. The lowest BCUT2D eigenvalue weighted by Gasteiger charge is -2.49. The molecule has 17 heteroatoms. The smallest absolute Gasteiger partial charge is 0.355 e. The molecule has 1 aromatic heterocycles. The number of fused-ring (bicyclic) bond motifs is 1. The van der Waals surface area contributed by atoms with Crippen LogP contribution in [0.3, 0.4) is 0 Å². The van der Waals surface area contributed by atoms with Crippen LogP contribution in [0.15, 0.2) is 44.4 Å². The predicted octanol–water partition coefficient (Wildman–Crippen LogP) is -2.49. The Hall–Kier alpha value is -3.80. The molecule has 1 aromatic rings. The summed E-state index contributed by atoms with van der Waals surface area (Å²) in [6, 6.07) is 1.39. The van der Waals surface area contributed by atoms with Crippen LogP contribution >= 0.6 is 11.8 Å². The SMILES string of the molecule is CO/N=C(\C(=O)N[C@@H]1C(=O)N2C(C(=O)OCC(CO)(CO)CO)=C(CO/C(N)=N/O)CS[C@@H]12)c1ccco1. The number of thioether (sulfide) groups is 1. The number of carbonyl (C=O) groups excluding carboxylic acids is 3. The number of amidine groups is 1. The number of amides is 2. The first-order valence-electron chi connectivity index (χ1n) is 11.0. The number of hydrogen-bond donors (Lipinski definition) is 6. The lowest BCUT2D eigenvalue weighted by atomic mass is 9.92. The van der Waals surface area contributed by atoms with Crippen molar-refractivity contribution in [3.05, 3.63) is 35.4 Å². The van der Waals surface area contributed by atoms with Crippen LogP contribution < -0.4 is 11.1 Å². The molecule has 208 valence electrons. The van der Waals surface area contributed by atoms with Gasteiger partial charge in [0, 0.05) is 11.3 Å². The maximum absolute atomic E-state index is 13.1. The van der Waals surface area contributed by atoms with Gasteiger partial charge in [-0.05, 0) is 17.3 Å². The zero-order valence-corrected chi connectivity index (χ0v) is 20.9. The Morgan fingerprint density at radius 1 is 1.29 bits per heavy atom. The fraction of sp³-hybridized carbons (Fsp3) is 0.476. The Bertz CT molecular complexity index is 1110. The van der Waals surface area contributed by atoms with E-state index in [-0.39, 0.29) is 35.1 Å².